The molecular formula is C19H19ClN2O. The molecule has 0 spiro atoms. The van der Waals surface area contributed by atoms with E-state index in [1.54, 1.807) is 12.1 Å². The number of nitrogen functional groups attached to an aromatic ring is 1. The van der Waals surface area contributed by atoms with Crippen molar-refractivity contribution in [1.29, 1.82) is 0 Å². The molecule has 2 aromatic carbocycles. The number of hydrogen-bond acceptors (Lipinski definition) is 3. The number of carbonyl (C=O) groups is 1. The number of benzene rings is 2. The number of rotatable bonds is 3. The zero-order valence-corrected chi connectivity index (χ0v) is 14.0. The van der Waals surface area contributed by atoms with Gasteiger partial charge in [-0.15, -0.1) is 0 Å². The number of anilines is 1. The summed E-state index contributed by atoms with van der Waals surface area (Å²) in [5, 5.41) is 0.708. The molecule has 1 aliphatic heterocycles. The molecule has 23 heavy (non-hydrogen) atoms. The molecule has 0 fully saturated rings. The van der Waals surface area contributed by atoms with Crippen LogP contribution in [-0.4, -0.2) is 17.0 Å². The van der Waals surface area contributed by atoms with E-state index in [1.807, 2.05) is 30.3 Å². The van der Waals surface area contributed by atoms with Gasteiger partial charge in [0.05, 0.1) is 17.7 Å². The molecule has 2 aromatic rings. The van der Waals surface area contributed by atoms with Crippen LogP contribution >= 0.6 is 11.6 Å². The number of Topliss-reactive ketones (excluding diaryl/α,β-unsaturated/α-hetero) is 1. The Morgan fingerprint density at radius 1 is 1.26 bits per heavy atom. The topological polar surface area (TPSA) is 55.5 Å². The number of carbonyl (C=O) groups excluding carboxylic acids is 1. The zero-order chi connectivity index (χ0) is 16.6. The van der Waals surface area contributed by atoms with E-state index in [1.165, 1.54) is 0 Å². The summed E-state index contributed by atoms with van der Waals surface area (Å²) in [6.45, 7) is 4.14. The third-order valence-corrected chi connectivity index (χ3v) is 4.26. The van der Waals surface area contributed by atoms with Gasteiger partial charge < -0.3 is 5.73 Å². The van der Waals surface area contributed by atoms with E-state index >= 15 is 0 Å². The number of halogens is 1. The summed E-state index contributed by atoms with van der Waals surface area (Å²) in [4.78, 5) is 17.4. The predicted molar refractivity (Wildman–Crippen MR) is 95.6 cm³/mol. The van der Waals surface area contributed by atoms with E-state index in [0.29, 0.717) is 16.3 Å². The van der Waals surface area contributed by atoms with E-state index in [-0.39, 0.29) is 17.7 Å². The van der Waals surface area contributed by atoms with E-state index in [2.05, 4.69) is 13.8 Å². The lowest BCUT2D eigenvalue weighted by Crippen LogP contribution is -2.30. The van der Waals surface area contributed by atoms with Crippen LogP contribution in [0, 0.1) is 0 Å². The normalized spacial score (nSPS) is 15.7. The average Bonchev–Trinajstić information content (AvgIpc) is 2.45. The smallest absolute Gasteiger partial charge is 0.170 e. The van der Waals surface area contributed by atoms with Gasteiger partial charge in [-0.2, -0.15) is 0 Å². The summed E-state index contributed by atoms with van der Waals surface area (Å²) < 4.78 is 0. The maximum Gasteiger partial charge on any atom is 0.170 e. The van der Waals surface area contributed by atoms with Gasteiger partial charge in [0.1, 0.15) is 0 Å². The molecule has 3 rings (SSSR count). The van der Waals surface area contributed by atoms with Crippen LogP contribution in [0.5, 0.6) is 0 Å². The van der Waals surface area contributed by atoms with Gasteiger partial charge in [-0.05, 0) is 55.7 Å². The standard InChI is InChI=1S/C19H19ClN2O/c1-19(2)11-12-9-13(20)7-8-14(12)17(22-19)10-18(23)15-5-3-4-6-16(15)21/h3-9H,10-11,21H2,1-2H3. The lowest BCUT2D eigenvalue weighted by Gasteiger charge is -2.29. The fourth-order valence-corrected chi connectivity index (χ4v) is 3.25. The second kappa shape index (κ2) is 5.82. The Hall–Kier alpha value is -2.13. The van der Waals surface area contributed by atoms with Crippen LogP contribution in [0.4, 0.5) is 5.69 Å². The maximum atomic E-state index is 12.6. The molecule has 3 nitrogen and oxygen atoms in total. The van der Waals surface area contributed by atoms with Gasteiger partial charge in [-0.3, -0.25) is 9.79 Å². The molecule has 118 valence electrons. The van der Waals surface area contributed by atoms with Gasteiger partial charge in [0.2, 0.25) is 0 Å². The molecule has 0 aromatic heterocycles. The molecule has 0 aliphatic carbocycles. The monoisotopic (exact) mass is 326 g/mol. The fourth-order valence-electron chi connectivity index (χ4n) is 3.05. The number of nitrogens with two attached hydrogens (primary N) is 1. The lowest BCUT2D eigenvalue weighted by atomic mass is 9.85. The minimum Gasteiger partial charge on any atom is -0.398 e. The van der Waals surface area contributed by atoms with Gasteiger partial charge in [0.25, 0.3) is 0 Å². The van der Waals surface area contributed by atoms with Crippen molar-refractivity contribution in [3.8, 4) is 0 Å². The van der Waals surface area contributed by atoms with Crippen molar-refractivity contribution in [3.05, 3.63) is 64.2 Å². The first-order chi connectivity index (χ1) is 10.9. The van der Waals surface area contributed by atoms with Gasteiger partial charge in [0.15, 0.2) is 5.78 Å². The molecule has 0 unspecified atom stereocenters. The average molecular weight is 327 g/mol. The highest BCUT2D eigenvalue weighted by Gasteiger charge is 2.28. The van der Waals surface area contributed by atoms with E-state index in [4.69, 9.17) is 22.3 Å². The number of hydrogen-bond donors (Lipinski definition) is 1. The van der Waals surface area contributed by atoms with Gasteiger partial charge in [0, 0.05) is 16.3 Å². The Morgan fingerprint density at radius 2 is 2.00 bits per heavy atom. The fraction of sp³-hybridized carbons (Fsp3) is 0.263. The highest BCUT2D eigenvalue weighted by Crippen LogP contribution is 2.30. The summed E-state index contributed by atoms with van der Waals surface area (Å²) in [7, 11) is 0. The van der Waals surface area contributed by atoms with Crippen molar-refractivity contribution in [2.45, 2.75) is 32.2 Å². The summed E-state index contributed by atoms with van der Waals surface area (Å²) in [6, 6.07) is 12.9. The van der Waals surface area contributed by atoms with E-state index in [0.717, 1.165) is 23.3 Å². The number of aliphatic imine (C=N–C) groups is 1. The summed E-state index contributed by atoms with van der Waals surface area (Å²) in [5.74, 6) is -0.0135. The molecular weight excluding hydrogens is 308 g/mol. The summed E-state index contributed by atoms with van der Waals surface area (Å²) in [6.07, 6.45) is 1.06. The Balaban J connectivity index is 1.97. The zero-order valence-electron chi connectivity index (χ0n) is 13.3. The van der Waals surface area contributed by atoms with Crippen LogP contribution in [0.1, 0.15) is 41.8 Å². The second-order valence-electron chi connectivity index (χ2n) is 6.54. The van der Waals surface area contributed by atoms with Crippen molar-refractivity contribution >= 4 is 28.8 Å². The summed E-state index contributed by atoms with van der Waals surface area (Å²) >= 11 is 6.12. The SMILES string of the molecule is CC1(C)Cc2cc(Cl)ccc2C(CC(=O)c2ccccc2N)=N1. The number of fused-ring (bicyclic) bond motifs is 1. The van der Waals surface area contributed by atoms with Crippen molar-refractivity contribution in [1.82, 2.24) is 0 Å². The molecule has 0 saturated carbocycles. The molecule has 0 saturated heterocycles. The number of ketones is 1. The highest BCUT2D eigenvalue weighted by atomic mass is 35.5. The van der Waals surface area contributed by atoms with E-state index in [9.17, 15) is 4.79 Å². The number of nitrogens with zero attached hydrogens (tertiary/aromatic N) is 1. The minimum atomic E-state index is -0.241. The van der Waals surface area contributed by atoms with Crippen LogP contribution in [0.3, 0.4) is 0 Å². The Labute approximate surface area is 141 Å². The molecule has 2 N–H and O–H groups in total. The molecule has 1 aliphatic rings. The van der Waals surface area contributed by atoms with E-state index < -0.39 is 0 Å². The van der Waals surface area contributed by atoms with Crippen molar-refractivity contribution in [3.63, 3.8) is 0 Å². The molecule has 4 heteroatoms. The van der Waals surface area contributed by atoms with Crippen molar-refractivity contribution < 1.29 is 4.79 Å². The molecule has 0 bridgehead atoms. The molecule has 1 heterocycles. The largest absolute Gasteiger partial charge is 0.398 e. The molecule has 0 atom stereocenters. The second-order valence-corrected chi connectivity index (χ2v) is 6.97. The first kappa shape index (κ1) is 15.8. The van der Waals surface area contributed by atoms with Crippen molar-refractivity contribution in [2.24, 2.45) is 4.99 Å². The van der Waals surface area contributed by atoms with Gasteiger partial charge >= 0.3 is 0 Å². The van der Waals surface area contributed by atoms with Crippen LogP contribution in [0.15, 0.2) is 47.5 Å². The van der Waals surface area contributed by atoms with Crippen LogP contribution in [-0.2, 0) is 6.42 Å². The van der Waals surface area contributed by atoms with Crippen LogP contribution in [0.25, 0.3) is 0 Å². The quantitative estimate of drug-likeness (QED) is 0.674. The predicted octanol–water partition coefficient (Wildman–Crippen LogP) is 4.32. The van der Waals surface area contributed by atoms with Crippen LogP contribution in [0.2, 0.25) is 5.02 Å². The Morgan fingerprint density at radius 3 is 2.74 bits per heavy atom. The molecule has 0 amide bonds. The number of para-hydroxylation sites is 1. The highest BCUT2D eigenvalue weighted by molar-refractivity contribution is 6.31. The minimum absolute atomic E-state index is 0.0135. The van der Waals surface area contributed by atoms with Gasteiger partial charge in [-0.1, -0.05) is 29.8 Å². The maximum absolute atomic E-state index is 12.6. The third kappa shape index (κ3) is 3.30. The van der Waals surface area contributed by atoms with Crippen molar-refractivity contribution in [2.75, 3.05) is 5.73 Å². The lowest BCUT2D eigenvalue weighted by molar-refractivity contribution is 0.100. The Kier molecular flexibility index (Phi) is 3.99. The summed E-state index contributed by atoms with van der Waals surface area (Å²) in [5.41, 5.74) is 9.69. The van der Waals surface area contributed by atoms with Gasteiger partial charge in [-0.25, -0.2) is 0 Å². The first-order valence-electron chi connectivity index (χ1n) is 7.61. The Bertz CT molecular complexity index is 809. The first-order valence-corrected chi connectivity index (χ1v) is 7.99. The van der Waals surface area contributed by atoms with Crippen LogP contribution < -0.4 is 5.73 Å². The third-order valence-electron chi connectivity index (χ3n) is 4.03. The molecule has 0 radical (unpaired) electrons.